The van der Waals surface area contributed by atoms with Crippen molar-refractivity contribution in [1.82, 2.24) is 4.90 Å². The van der Waals surface area contributed by atoms with Crippen molar-refractivity contribution < 1.29 is 4.74 Å². The van der Waals surface area contributed by atoms with Gasteiger partial charge in [-0.25, -0.2) is 0 Å². The van der Waals surface area contributed by atoms with Gasteiger partial charge < -0.3 is 4.74 Å². The summed E-state index contributed by atoms with van der Waals surface area (Å²) in [5.74, 6) is 0. The lowest BCUT2D eigenvalue weighted by molar-refractivity contribution is -0.0343. The van der Waals surface area contributed by atoms with Crippen LogP contribution in [0.2, 0.25) is 0 Å². The second kappa shape index (κ2) is 2.95. The van der Waals surface area contributed by atoms with E-state index in [2.05, 4.69) is 11.5 Å². The van der Waals surface area contributed by atoms with Gasteiger partial charge in [0.25, 0.3) is 0 Å². The highest BCUT2D eigenvalue weighted by Gasteiger charge is 2.32. The third-order valence-corrected chi connectivity index (χ3v) is 2.51. The van der Waals surface area contributed by atoms with E-state index in [9.17, 15) is 0 Å². The maximum Gasteiger partial charge on any atom is 0.0707 e. The Balaban J connectivity index is 1.91. The van der Waals surface area contributed by atoms with E-state index in [1.807, 2.05) is 6.08 Å². The van der Waals surface area contributed by atoms with Crippen molar-refractivity contribution >= 4 is 0 Å². The van der Waals surface area contributed by atoms with Crippen LogP contribution in [0.15, 0.2) is 12.7 Å². The van der Waals surface area contributed by atoms with Gasteiger partial charge in [-0.15, -0.1) is 6.58 Å². The molecule has 2 saturated heterocycles. The Hall–Kier alpha value is -0.340. The number of fused-ring (bicyclic) bond motifs is 2. The van der Waals surface area contributed by atoms with E-state index < -0.39 is 0 Å². The van der Waals surface area contributed by atoms with Gasteiger partial charge in [-0.2, -0.15) is 0 Å². The SMILES string of the molecule is C=CCN1CC2CCC(C1)O2. The molecule has 0 N–H and O–H groups in total. The first kappa shape index (κ1) is 7.32. The Morgan fingerprint density at radius 1 is 1.36 bits per heavy atom. The average Bonchev–Trinajstić information content (AvgIpc) is 2.32. The second-order valence-electron chi connectivity index (χ2n) is 3.46. The molecule has 2 atom stereocenters. The molecule has 0 aliphatic carbocycles. The highest BCUT2D eigenvalue weighted by molar-refractivity contribution is 4.87. The minimum atomic E-state index is 0.522. The van der Waals surface area contributed by atoms with Gasteiger partial charge in [-0.1, -0.05) is 6.08 Å². The summed E-state index contributed by atoms with van der Waals surface area (Å²) in [6.45, 7) is 6.99. The number of nitrogens with zero attached hydrogens (tertiary/aromatic N) is 1. The molecule has 0 aromatic heterocycles. The van der Waals surface area contributed by atoms with Gasteiger partial charge in [0, 0.05) is 19.6 Å². The smallest absolute Gasteiger partial charge is 0.0707 e. The van der Waals surface area contributed by atoms with Crippen LogP contribution in [0.25, 0.3) is 0 Å². The molecule has 0 aromatic rings. The van der Waals surface area contributed by atoms with E-state index >= 15 is 0 Å². The Kier molecular flexibility index (Phi) is 1.96. The molecule has 2 bridgehead atoms. The maximum atomic E-state index is 5.70. The van der Waals surface area contributed by atoms with E-state index in [1.165, 1.54) is 12.8 Å². The molecule has 2 aliphatic rings. The fourth-order valence-electron chi connectivity index (χ4n) is 2.03. The first-order valence-electron chi connectivity index (χ1n) is 4.37. The largest absolute Gasteiger partial charge is 0.372 e. The van der Waals surface area contributed by atoms with Crippen LogP contribution in [0.5, 0.6) is 0 Å². The van der Waals surface area contributed by atoms with E-state index in [-0.39, 0.29) is 0 Å². The molecule has 2 unspecified atom stereocenters. The summed E-state index contributed by atoms with van der Waals surface area (Å²) in [5.41, 5.74) is 0. The van der Waals surface area contributed by atoms with Crippen molar-refractivity contribution in [2.75, 3.05) is 19.6 Å². The molecule has 2 rings (SSSR count). The summed E-state index contributed by atoms with van der Waals surface area (Å²) >= 11 is 0. The van der Waals surface area contributed by atoms with E-state index in [1.54, 1.807) is 0 Å². The Morgan fingerprint density at radius 2 is 2.00 bits per heavy atom. The van der Waals surface area contributed by atoms with Gasteiger partial charge in [-0.3, -0.25) is 4.90 Å². The van der Waals surface area contributed by atoms with Crippen LogP contribution in [0.4, 0.5) is 0 Å². The number of hydrogen-bond acceptors (Lipinski definition) is 2. The quantitative estimate of drug-likeness (QED) is 0.549. The molecular weight excluding hydrogens is 138 g/mol. The predicted octanol–water partition coefficient (Wildman–Crippen LogP) is 1.04. The fraction of sp³-hybridized carbons (Fsp3) is 0.778. The van der Waals surface area contributed by atoms with Gasteiger partial charge in [0.15, 0.2) is 0 Å². The summed E-state index contributed by atoms with van der Waals surface area (Å²) in [4.78, 5) is 2.43. The predicted molar refractivity (Wildman–Crippen MR) is 44.5 cm³/mol. The minimum absolute atomic E-state index is 0.522. The molecule has 2 heterocycles. The van der Waals surface area contributed by atoms with Crippen molar-refractivity contribution in [3.8, 4) is 0 Å². The van der Waals surface area contributed by atoms with Gasteiger partial charge in [0.2, 0.25) is 0 Å². The molecule has 0 saturated carbocycles. The monoisotopic (exact) mass is 153 g/mol. The van der Waals surface area contributed by atoms with Gasteiger partial charge in [-0.05, 0) is 12.8 Å². The third kappa shape index (κ3) is 1.47. The lowest BCUT2D eigenvalue weighted by Gasteiger charge is -2.30. The van der Waals surface area contributed by atoms with Crippen molar-refractivity contribution in [1.29, 1.82) is 0 Å². The second-order valence-corrected chi connectivity index (χ2v) is 3.46. The minimum Gasteiger partial charge on any atom is -0.372 e. The van der Waals surface area contributed by atoms with E-state index in [0.29, 0.717) is 12.2 Å². The summed E-state index contributed by atoms with van der Waals surface area (Å²) in [7, 11) is 0. The van der Waals surface area contributed by atoms with Crippen molar-refractivity contribution in [3.63, 3.8) is 0 Å². The highest BCUT2D eigenvalue weighted by atomic mass is 16.5. The third-order valence-electron chi connectivity index (χ3n) is 2.51. The van der Waals surface area contributed by atoms with Crippen LogP contribution >= 0.6 is 0 Å². The maximum absolute atomic E-state index is 5.70. The number of hydrogen-bond donors (Lipinski definition) is 0. The van der Waals surface area contributed by atoms with Crippen LogP contribution in [-0.4, -0.2) is 36.7 Å². The Bertz CT molecular complexity index is 146. The van der Waals surface area contributed by atoms with Crippen LogP contribution in [0, 0.1) is 0 Å². The summed E-state index contributed by atoms with van der Waals surface area (Å²) in [6, 6.07) is 0. The zero-order valence-corrected chi connectivity index (χ0v) is 6.83. The summed E-state index contributed by atoms with van der Waals surface area (Å²) in [5, 5.41) is 0. The highest BCUT2D eigenvalue weighted by Crippen LogP contribution is 2.25. The molecule has 11 heavy (non-hydrogen) atoms. The molecule has 0 amide bonds. The zero-order chi connectivity index (χ0) is 7.68. The standard InChI is InChI=1S/C9H15NO/c1-2-5-10-6-8-3-4-9(7-10)11-8/h2,8-9H,1,3-7H2. The normalized spacial score (nSPS) is 37.5. The van der Waals surface area contributed by atoms with E-state index in [0.717, 1.165) is 19.6 Å². The molecule has 0 spiro atoms. The lowest BCUT2D eigenvalue weighted by Crippen LogP contribution is -2.42. The summed E-state index contributed by atoms with van der Waals surface area (Å²) < 4.78 is 5.70. The number of ether oxygens (including phenoxy) is 1. The number of likely N-dealkylation sites (tertiary alicyclic amines) is 1. The molecule has 62 valence electrons. The van der Waals surface area contributed by atoms with Crippen molar-refractivity contribution in [3.05, 3.63) is 12.7 Å². The molecule has 2 aliphatic heterocycles. The zero-order valence-electron chi connectivity index (χ0n) is 6.83. The first-order chi connectivity index (χ1) is 5.38. The molecular formula is C9H15NO. The Morgan fingerprint density at radius 3 is 2.55 bits per heavy atom. The van der Waals surface area contributed by atoms with Crippen LogP contribution in [0.3, 0.4) is 0 Å². The van der Waals surface area contributed by atoms with E-state index in [4.69, 9.17) is 4.74 Å². The number of morpholine rings is 1. The molecule has 2 fully saturated rings. The molecule has 0 radical (unpaired) electrons. The topological polar surface area (TPSA) is 12.5 Å². The molecule has 2 heteroatoms. The summed E-state index contributed by atoms with van der Waals surface area (Å²) in [6.07, 6.45) is 5.55. The number of rotatable bonds is 2. The molecule has 2 nitrogen and oxygen atoms in total. The van der Waals surface area contributed by atoms with Crippen LogP contribution in [0.1, 0.15) is 12.8 Å². The Labute approximate surface area is 67.8 Å². The van der Waals surface area contributed by atoms with Crippen LogP contribution in [-0.2, 0) is 4.74 Å². The first-order valence-corrected chi connectivity index (χ1v) is 4.37. The fourth-order valence-corrected chi connectivity index (χ4v) is 2.03. The van der Waals surface area contributed by atoms with Gasteiger partial charge >= 0.3 is 0 Å². The lowest BCUT2D eigenvalue weighted by atomic mass is 10.2. The van der Waals surface area contributed by atoms with Crippen molar-refractivity contribution in [2.45, 2.75) is 25.0 Å². The molecule has 0 aromatic carbocycles. The van der Waals surface area contributed by atoms with Crippen LogP contribution < -0.4 is 0 Å². The average molecular weight is 153 g/mol. The van der Waals surface area contributed by atoms with Gasteiger partial charge in [0.1, 0.15) is 0 Å². The van der Waals surface area contributed by atoms with Gasteiger partial charge in [0.05, 0.1) is 12.2 Å². The van der Waals surface area contributed by atoms with Crippen molar-refractivity contribution in [2.24, 2.45) is 0 Å².